The molecule has 0 aliphatic rings. The minimum atomic E-state index is -0.706. The number of hydrogen-bond donors (Lipinski definition) is 3. The molecule has 90 valence electrons. The Hall–Kier alpha value is -0.970. The maximum absolute atomic E-state index is 13.0. The fourth-order valence-electron chi connectivity index (χ4n) is 1.29. The van der Waals surface area contributed by atoms with Crippen LogP contribution in [0.15, 0.2) is 18.2 Å². The summed E-state index contributed by atoms with van der Waals surface area (Å²) in [6, 6.07) is 4.85. The summed E-state index contributed by atoms with van der Waals surface area (Å²) in [5.41, 5.74) is 0.809. The van der Waals surface area contributed by atoms with E-state index in [-0.39, 0.29) is 19.0 Å². The van der Waals surface area contributed by atoms with Gasteiger partial charge in [0, 0.05) is 6.54 Å². The van der Waals surface area contributed by atoms with Crippen molar-refractivity contribution in [1.29, 1.82) is 0 Å². The largest absolute Gasteiger partial charge is 0.394 e. The van der Waals surface area contributed by atoms with Gasteiger partial charge in [-0.05, 0) is 31.0 Å². The van der Waals surface area contributed by atoms with Gasteiger partial charge in [-0.2, -0.15) is 0 Å². The standard InChI is InChI=1S/C12H18FNO2/c1-9-5-10(3-4-11(9)13)6-14-12(2,7-15)8-16/h3-5,14-16H,6-8H2,1-2H3. The van der Waals surface area contributed by atoms with Crippen molar-refractivity contribution < 1.29 is 14.6 Å². The predicted molar refractivity (Wildman–Crippen MR) is 60.6 cm³/mol. The van der Waals surface area contributed by atoms with Gasteiger partial charge in [-0.15, -0.1) is 0 Å². The topological polar surface area (TPSA) is 52.5 Å². The lowest BCUT2D eigenvalue weighted by Crippen LogP contribution is -2.48. The van der Waals surface area contributed by atoms with Gasteiger partial charge < -0.3 is 15.5 Å². The Morgan fingerprint density at radius 1 is 1.31 bits per heavy atom. The molecule has 0 spiro atoms. The highest BCUT2D eigenvalue weighted by Gasteiger charge is 2.20. The van der Waals surface area contributed by atoms with Crippen molar-refractivity contribution in [3.63, 3.8) is 0 Å². The summed E-state index contributed by atoms with van der Waals surface area (Å²) in [5, 5.41) is 21.2. The molecule has 0 bridgehead atoms. The van der Waals surface area contributed by atoms with E-state index in [0.717, 1.165) is 5.56 Å². The number of halogens is 1. The predicted octanol–water partition coefficient (Wildman–Crippen LogP) is 0.967. The molecule has 0 radical (unpaired) electrons. The average Bonchev–Trinajstić information content (AvgIpc) is 2.30. The third-order valence-electron chi connectivity index (χ3n) is 2.64. The molecule has 0 saturated heterocycles. The van der Waals surface area contributed by atoms with Gasteiger partial charge in [-0.25, -0.2) is 4.39 Å². The fourth-order valence-corrected chi connectivity index (χ4v) is 1.29. The van der Waals surface area contributed by atoms with Crippen molar-refractivity contribution >= 4 is 0 Å². The Kier molecular flexibility index (Phi) is 4.41. The quantitative estimate of drug-likeness (QED) is 0.702. The summed E-state index contributed by atoms with van der Waals surface area (Å²) in [7, 11) is 0. The molecule has 1 aromatic rings. The second kappa shape index (κ2) is 5.39. The molecular weight excluding hydrogens is 209 g/mol. The first-order valence-corrected chi connectivity index (χ1v) is 5.22. The SMILES string of the molecule is Cc1cc(CNC(C)(CO)CO)ccc1F. The smallest absolute Gasteiger partial charge is 0.126 e. The van der Waals surface area contributed by atoms with Crippen LogP contribution in [0.25, 0.3) is 0 Å². The Balaban J connectivity index is 2.64. The van der Waals surface area contributed by atoms with Crippen molar-refractivity contribution in [3.8, 4) is 0 Å². The molecule has 4 heteroatoms. The van der Waals surface area contributed by atoms with E-state index in [0.29, 0.717) is 12.1 Å². The average molecular weight is 227 g/mol. The monoisotopic (exact) mass is 227 g/mol. The summed E-state index contributed by atoms with van der Waals surface area (Å²) in [6.45, 7) is 3.62. The number of benzene rings is 1. The second-order valence-electron chi connectivity index (χ2n) is 4.31. The van der Waals surface area contributed by atoms with Crippen LogP contribution in [-0.4, -0.2) is 29.0 Å². The molecule has 0 aromatic heterocycles. The minimum Gasteiger partial charge on any atom is -0.394 e. The summed E-state index contributed by atoms with van der Waals surface area (Å²) in [4.78, 5) is 0. The van der Waals surface area contributed by atoms with Crippen molar-refractivity contribution in [2.75, 3.05) is 13.2 Å². The molecule has 3 nitrogen and oxygen atoms in total. The Labute approximate surface area is 94.9 Å². The van der Waals surface area contributed by atoms with Crippen molar-refractivity contribution in [3.05, 3.63) is 35.1 Å². The van der Waals surface area contributed by atoms with E-state index >= 15 is 0 Å². The molecule has 1 rings (SSSR count). The summed E-state index contributed by atoms with van der Waals surface area (Å²) in [5.74, 6) is -0.226. The number of aliphatic hydroxyl groups is 2. The number of nitrogens with one attached hydrogen (secondary N) is 1. The van der Waals surface area contributed by atoms with Crippen LogP contribution < -0.4 is 5.32 Å². The molecule has 1 aromatic carbocycles. The summed E-state index contributed by atoms with van der Waals surface area (Å²) >= 11 is 0. The van der Waals surface area contributed by atoms with Gasteiger partial charge in [-0.3, -0.25) is 0 Å². The van der Waals surface area contributed by atoms with Crippen LogP contribution in [0.4, 0.5) is 4.39 Å². The van der Waals surface area contributed by atoms with Gasteiger partial charge in [0.25, 0.3) is 0 Å². The molecule has 0 amide bonds. The first-order chi connectivity index (χ1) is 7.50. The zero-order valence-corrected chi connectivity index (χ0v) is 9.63. The van der Waals surface area contributed by atoms with Gasteiger partial charge >= 0.3 is 0 Å². The van der Waals surface area contributed by atoms with Gasteiger partial charge in [0.2, 0.25) is 0 Å². The maximum atomic E-state index is 13.0. The molecule has 0 fully saturated rings. The Bertz CT molecular complexity index is 351. The highest BCUT2D eigenvalue weighted by molar-refractivity contribution is 5.23. The lowest BCUT2D eigenvalue weighted by molar-refractivity contribution is 0.103. The number of aliphatic hydroxyl groups excluding tert-OH is 2. The third-order valence-corrected chi connectivity index (χ3v) is 2.64. The van der Waals surface area contributed by atoms with Crippen LogP contribution in [0.1, 0.15) is 18.1 Å². The van der Waals surface area contributed by atoms with Crippen LogP contribution in [-0.2, 0) is 6.54 Å². The number of rotatable bonds is 5. The minimum absolute atomic E-state index is 0.149. The first kappa shape index (κ1) is 13.1. The number of hydrogen-bond acceptors (Lipinski definition) is 3. The Morgan fingerprint density at radius 3 is 2.44 bits per heavy atom. The van der Waals surface area contributed by atoms with Crippen molar-refractivity contribution in [1.82, 2.24) is 5.32 Å². The van der Waals surface area contributed by atoms with E-state index in [1.807, 2.05) is 0 Å². The van der Waals surface area contributed by atoms with Crippen LogP contribution in [0.2, 0.25) is 0 Å². The van der Waals surface area contributed by atoms with Gasteiger partial charge in [0.1, 0.15) is 5.82 Å². The molecule has 0 aliphatic carbocycles. The zero-order chi connectivity index (χ0) is 12.2. The zero-order valence-electron chi connectivity index (χ0n) is 9.63. The van der Waals surface area contributed by atoms with Crippen LogP contribution in [0.5, 0.6) is 0 Å². The van der Waals surface area contributed by atoms with E-state index in [1.54, 1.807) is 26.0 Å². The molecule has 0 unspecified atom stereocenters. The maximum Gasteiger partial charge on any atom is 0.126 e. The first-order valence-electron chi connectivity index (χ1n) is 5.22. The molecule has 0 saturated carbocycles. The molecule has 0 heterocycles. The lowest BCUT2D eigenvalue weighted by atomic mass is 10.0. The van der Waals surface area contributed by atoms with Crippen molar-refractivity contribution in [2.45, 2.75) is 25.9 Å². The van der Waals surface area contributed by atoms with E-state index in [2.05, 4.69) is 5.32 Å². The number of aryl methyl sites for hydroxylation is 1. The van der Waals surface area contributed by atoms with Gasteiger partial charge in [-0.1, -0.05) is 12.1 Å². The van der Waals surface area contributed by atoms with E-state index in [1.165, 1.54) is 6.07 Å². The molecular formula is C12H18FNO2. The highest BCUT2D eigenvalue weighted by Crippen LogP contribution is 2.10. The van der Waals surface area contributed by atoms with Crippen LogP contribution >= 0.6 is 0 Å². The van der Waals surface area contributed by atoms with E-state index in [9.17, 15) is 4.39 Å². The van der Waals surface area contributed by atoms with E-state index in [4.69, 9.17) is 10.2 Å². The van der Waals surface area contributed by atoms with Crippen LogP contribution in [0, 0.1) is 12.7 Å². The normalized spacial score (nSPS) is 11.8. The molecule has 0 aliphatic heterocycles. The van der Waals surface area contributed by atoms with Gasteiger partial charge in [0.05, 0.1) is 18.8 Å². The lowest BCUT2D eigenvalue weighted by Gasteiger charge is -2.26. The summed E-state index contributed by atoms with van der Waals surface area (Å²) < 4.78 is 13.0. The van der Waals surface area contributed by atoms with E-state index < -0.39 is 5.54 Å². The van der Waals surface area contributed by atoms with Gasteiger partial charge in [0.15, 0.2) is 0 Å². The van der Waals surface area contributed by atoms with Crippen LogP contribution in [0.3, 0.4) is 0 Å². The molecule has 16 heavy (non-hydrogen) atoms. The third kappa shape index (κ3) is 3.27. The second-order valence-corrected chi connectivity index (χ2v) is 4.31. The van der Waals surface area contributed by atoms with Crippen molar-refractivity contribution in [2.24, 2.45) is 0 Å². The molecule has 3 N–H and O–H groups in total. The highest BCUT2D eigenvalue weighted by atomic mass is 19.1. The fraction of sp³-hybridized carbons (Fsp3) is 0.500. The molecule has 0 atom stereocenters. The summed E-state index contributed by atoms with van der Waals surface area (Å²) in [6.07, 6.45) is 0. The Morgan fingerprint density at radius 2 is 1.94 bits per heavy atom.